The molecule has 0 saturated carbocycles. The molecule has 0 saturated heterocycles. The summed E-state index contributed by atoms with van der Waals surface area (Å²) in [5, 5.41) is 9.92. The highest BCUT2D eigenvalue weighted by molar-refractivity contribution is 6.36. The minimum Gasteiger partial charge on any atom is -0.318 e. The minimum atomic E-state index is -1.07. The van der Waals surface area contributed by atoms with Crippen molar-refractivity contribution in [1.82, 2.24) is 15.2 Å². The molecule has 1 aromatic carbocycles. The van der Waals surface area contributed by atoms with Crippen LogP contribution in [0.4, 0.5) is 14.5 Å². The number of nitrogens with zero attached hydrogens (tertiary/aromatic N) is 2. The lowest BCUT2D eigenvalue weighted by Crippen LogP contribution is -2.15. The number of amides is 1. The first-order valence-electron chi connectivity index (χ1n) is 7.30. The number of fused-ring (bicyclic) bond motifs is 1. The molecule has 3 aromatic rings. The molecule has 0 bridgehead atoms. The number of hydrogen-bond acceptors (Lipinski definition) is 3. The highest BCUT2D eigenvalue weighted by Crippen LogP contribution is 2.28. The summed E-state index contributed by atoms with van der Waals surface area (Å²) in [5.74, 6) is -2.67. The van der Waals surface area contributed by atoms with Crippen molar-refractivity contribution in [2.75, 3.05) is 5.32 Å². The molecule has 5 nitrogen and oxygen atoms in total. The van der Waals surface area contributed by atoms with Crippen LogP contribution in [-0.2, 0) is 4.79 Å². The number of H-pyrrole nitrogens is 1. The van der Waals surface area contributed by atoms with Crippen molar-refractivity contribution >= 4 is 40.2 Å². The molecule has 0 aliphatic rings. The van der Waals surface area contributed by atoms with Crippen molar-refractivity contribution in [3.63, 3.8) is 0 Å². The van der Waals surface area contributed by atoms with E-state index in [4.69, 9.17) is 11.6 Å². The first-order chi connectivity index (χ1) is 11.9. The molecule has 0 aliphatic carbocycles. The van der Waals surface area contributed by atoms with Gasteiger partial charge in [-0.1, -0.05) is 23.7 Å². The summed E-state index contributed by atoms with van der Waals surface area (Å²) < 4.78 is 27.9. The van der Waals surface area contributed by atoms with Gasteiger partial charge in [0.2, 0.25) is 0 Å². The van der Waals surface area contributed by atoms with Crippen molar-refractivity contribution < 1.29 is 13.6 Å². The molecule has 0 spiro atoms. The van der Waals surface area contributed by atoms with Gasteiger partial charge in [0, 0.05) is 10.9 Å². The molecule has 2 heterocycles. The van der Waals surface area contributed by atoms with Gasteiger partial charge in [-0.15, -0.1) is 0 Å². The SMILES string of the molecule is Cc1ncc(F)c(C)c1NC(=O)/C(F)=C/c1ccc2cn[nH]c2c1Cl. The number of rotatable bonds is 3. The smallest absolute Gasteiger partial charge is 0.284 e. The zero-order valence-electron chi connectivity index (χ0n) is 13.3. The van der Waals surface area contributed by atoms with Crippen LogP contribution in [0.1, 0.15) is 16.8 Å². The molecule has 0 aliphatic heterocycles. The maximum absolute atomic E-state index is 14.3. The fraction of sp³-hybridized carbons (Fsp3) is 0.118. The normalized spacial score (nSPS) is 11.8. The van der Waals surface area contributed by atoms with E-state index in [1.807, 2.05) is 0 Å². The second kappa shape index (κ2) is 6.60. The van der Waals surface area contributed by atoms with Crippen LogP contribution in [0.15, 0.2) is 30.4 Å². The Hall–Kier alpha value is -2.80. The number of aromatic amines is 1. The summed E-state index contributed by atoms with van der Waals surface area (Å²) in [6, 6.07) is 3.28. The Kier molecular flexibility index (Phi) is 4.50. The van der Waals surface area contributed by atoms with Crippen LogP contribution in [0.5, 0.6) is 0 Å². The van der Waals surface area contributed by atoms with E-state index in [0.29, 0.717) is 16.8 Å². The van der Waals surface area contributed by atoms with E-state index in [-0.39, 0.29) is 16.3 Å². The van der Waals surface area contributed by atoms with Crippen LogP contribution in [0.3, 0.4) is 0 Å². The Bertz CT molecular complexity index is 1010. The first-order valence-corrected chi connectivity index (χ1v) is 7.68. The molecule has 2 N–H and O–H groups in total. The first kappa shape index (κ1) is 17.0. The third-order valence-corrected chi connectivity index (χ3v) is 4.20. The Labute approximate surface area is 146 Å². The topological polar surface area (TPSA) is 70.7 Å². The van der Waals surface area contributed by atoms with Crippen molar-refractivity contribution in [1.29, 1.82) is 0 Å². The van der Waals surface area contributed by atoms with E-state index < -0.39 is 17.6 Å². The largest absolute Gasteiger partial charge is 0.318 e. The molecule has 25 heavy (non-hydrogen) atoms. The van der Waals surface area contributed by atoms with Gasteiger partial charge in [0.1, 0.15) is 5.82 Å². The number of nitrogens with one attached hydrogen (secondary N) is 2. The highest BCUT2D eigenvalue weighted by Gasteiger charge is 2.16. The molecule has 2 aromatic heterocycles. The second-order valence-electron chi connectivity index (χ2n) is 5.44. The number of aryl methyl sites for hydroxylation is 1. The molecule has 1 amide bonds. The van der Waals surface area contributed by atoms with Crippen molar-refractivity contribution in [2.24, 2.45) is 0 Å². The van der Waals surface area contributed by atoms with E-state index in [1.165, 1.54) is 6.92 Å². The van der Waals surface area contributed by atoms with Crippen LogP contribution in [0.25, 0.3) is 17.0 Å². The van der Waals surface area contributed by atoms with Crippen LogP contribution < -0.4 is 5.32 Å². The molecule has 0 radical (unpaired) electrons. The lowest BCUT2D eigenvalue weighted by molar-refractivity contribution is -0.114. The second-order valence-corrected chi connectivity index (χ2v) is 5.82. The summed E-state index contributed by atoms with van der Waals surface area (Å²) in [7, 11) is 0. The maximum Gasteiger partial charge on any atom is 0.284 e. The quantitative estimate of drug-likeness (QED) is 0.682. The summed E-state index contributed by atoms with van der Waals surface area (Å²) >= 11 is 6.19. The lowest BCUT2D eigenvalue weighted by Gasteiger charge is -2.10. The van der Waals surface area contributed by atoms with Gasteiger partial charge in [0.25, 0.3) is 5.91 Å². The number of hydrogen-bond donors (Lipinski definition) is 2. The number of anilines is 1. The monoisotopic (exact) mass is 362 g/mol. The third kappa shape index (κ3) is 3.23. The number of halogens is 3. The van der Waals surface area contributed by atoms with Crippen LogP contribution in [-0.4, -0.2) is 21.1 Å². The Morgan fingerprint density at radius 3 is 2.84 bits per heavy atom. The standard InChI is InChI=1S/C17H13ClF2N4O/c1-8-13(20)7-21-9(2)15(8)23-17(25)12(19)5-10-3-4-11-6-22-24-16(11)14(10)18/h3-7H,1-2H3,(H,22,24)(H,23,25)/b12-5-. The van der Waals surface area contributed by atoms with Gasteiger partial charge >= 0.3 is 0 Å². The van der Waals surface area contributed by atoms with Gasteiger partial charge in [-0.05, 0) is 25.5 Å². The van der Waals surface area contributed by atoms with E-state index >= 15 is 0 Å². The average Bonchev–Trinajstić information content (AvgIpc) is 3.07. The minimum absolute atomic E-state index is 0.142. The molecule has 0 fully saturated rings. The van der Waals surface area contributed by atoms with Gasteiger partial charge in [-0.2, -0.15) is 5.10 Å². The Balaban J connectivity index is 1.90. The van der Waals surface area contributed by atoms with Crippen molar-refractivity contribution in [3.8, 4) is 0 Å². The Morgan fingerprint density at radius 1 is 1.32 bits per heavy atom. The van der Waals surface area contributed by atoms with Gasteiger partial charge in [-0.25, -0.2) is 8.78 Å². The summed E-state index contributed by atoms with van der Waals surface area (Å²) in [6.07, 6.45) is 3.64. The molecule has 128 valence electrons. The van der Waals surface area contributed by atoms with Gasteiger partial charge in [0.15, 0.2) is 5.83 Å². The number of benzene rings is 1. The number of carbonyl (C=O) groups is 1. The molecule has 0 unspecified atom stereocenters. The molecular formula is C17H13ClF2N4O. The van der Waals surface area contributed by atoms with Gasteiger partial charge < -0.3 is 5.32 Å². The fourth-order valence-corrected chi connectivity index (χ4v) is 2.64. The number of pyridine rings is 1. The fourth-order valence-electron chi connectivity index (χ4n) is 2.37. The van der Waals surface area contributed by atoms with E-state index in [1.54, 1.807) is 25.3 Å². The van der Waals surface area contributed by atoms with Gasteiger partial charge in [0.05, 0.1) is 34.3 Å². The predicted octanol–water partition coefficient (Wildman–Crippen LogP) is 4.32. The predicted molar refractivity (Wildman–Crippen MR) is 92.5 cm³/mol. The average molecular weight is 363 g/mol. The zero-order chi connectivity index (χ0) is 18.1. The molecule has 0 atom stereocenters. The van der Waals surface area contributed by atoms with E-state index in [2.05, 4.69) is 20.5 Å². The number of carbonyl (C=O) groups excluding carboxylic acids is 1. The summed E-state index contributed by atoms with van der Waals surface area (Å²) in [4.78, 5) is 15.9. The number of aromatic nitrogens is 3. The van der Waals surface area contributed by atoms with Crippen molar-refractivity contribution in [2.45, 2.75) is 13.8 Å². The van der Waals surface area contributed by atoms with Crippen LogP contribution in [0, 0.1) is 19.7 Å². The maximum atomic E-state index is 14.3. The zero-order valence-corrected chi connectivity index (χ0v) is 14.1. The van der Waals surface area contributed by atoms with Crippen LogP contribution >= 0.6 is 11.6 Å². The molecule has 8 heteroatoms. The highest BCUT2D eigenvalue weighted by atomic mass is 35.5. The van der Waals surface area contributed by atoms with E-state index in [0.717, 1.165) is 17.7 Å². The lowest BCUT2D eigenvalue weighted by atomic mass is 10.1. The summed E-state index contributed by atoms with van der Waals surface area (Å²) in [5.41, 5.74) is 1.58. The molecular weight excluding hydrogens is 350 g/mol. The van der Waals surface area contributed by atoms with Gasteiger partial charge in [-0.3, -0.25) is 14.9 Å². The van der Waals surface area contributed by atoms with E-state index in [9.17, 15) is 13.6 Å². The third-order valence-electron chi connectivity index (χ3n) is 3.79. The van der Waals surface area contributed by atoms with Crippen LogP contribution in [0.2, 0.25) is 5.02 Å². The molecule has 3 rings (SSSR count). The Morgan fingerprint density at radius 2 is 2.08 bits per heavy atom. The summed E-state index contributed by atoms with van der Waals surface area (Å²) in [6.45, 7) is 3.07. The van der Waals surface area contributed by atoms with Crippen molar-refractivity contribution in [3.05, 3.63) is 58.0 Å².